The molecule has 0 aliphatic rings. The third-order valence-corrected chi connectivity index (χ3v) is 4.71. The molecule has 0 radical (unpaired) electrons. The molecule has 0 unspecified atom stereocenters. The molecule has 30 heavy (non-hydrogen) atoms. The van der Waals surface area contributed by atoms with E-state index in [1.165, 1.54) is 0 Å². The van der Waals surface area contributed by atoms with Crippen LogP contribution in [0.4, 0.5) is 0 Å². The quantitative estimate of drug-likeness (QED) is 0.519. The monoisotopic (exact) mass is 397 g/mol. The predicted molar refractivity (Wildman–Crippen MR) is 111 cm³/mol. The zero-order valence-corrected chi connectivity index (χ0v) is 16.3. The van der Waals surface area contributed by atoms with Gasteiger partial charge in [0.2, 0.25) is 0 Å². The van der Waals surface area contributed by atoms with E-state index in [1.54, 1.807) is 29.2 Å². The highest BCUT2D eigenvalue weighted by atomic mass is 16.1. The number of hydrogen-bond acceptors (Lipinski definition) is 5. The summed E-state index contributed by atoms with van der Waals surface area (Å²) in [4.78, 5) is 16.3. The molecule has 3 aromatic heterocycles. The van der Waals surface area contributed by atoms with Crippen molar-refractivity contribution in [2.45, 2.75) is 13.5 Å². The lowest BCUT2D eigenvalue weighted by Gasteiger charge is -2.04. The molecule has 0 aliphatic heterocycles. The highest BCUT2D eigenvalue weighted by Crippen LogP contribution is 2.20. The molecule has 0 bridgehead atoms. The Morgan fingerprint density at radius 2 is 1.97 bits per heavy atom. The maximum absolute atomic E-state index is 12.4. The van der Waals surface area contributed by atoms with Crippen LogP contribution in [0.2, 0.25) is 0 Å². The summed E-state index contributed by atoms with van der Waals surface area (Å²) in [7, 11) is 0. The molecule has 0 aliphatic carbocycles. The first-order valence-corrected chi connectivity index (χ1v) is 9.42. The van der Waals surface area contributed by atoms with E-state index in [2.05, 4.69) is 31.7 Å². The van der Waals surface area contributed by atoms with Crippen LogP contribution in [0.15, 0.2) is 61.1 Å². The summed E-state index contributed by atoms with van der Waals surface area (Å²) < 4.78 is 1.78. The number of nitriles is 1. The Morgan fingerprint density at radius 3 is 2.73 bits per heavy atom. The van der Waals surface area contributed by atoms with Crippen molar-refractivity contribution in [3.05, 3.63) is 77.9 Å². The number of carbonyl (C=O) groups excluding carboxylic acids is 1. The first kappa shape index (κ1) is 19.1. The van der Waals surface area contributed by atoms with Crippen LogP contribution in [0.25, 0.3) is 22.5 Å². The van der Waals surface area contributed by atoms with Gasteiger partial charge in [-0.15, -0.1) is 0 Å². The number of rotatable bonds is 6. The van der Waals surface area contributed by atoms with E-state index in [4.69, 9.17) is 5.26 Å². The maximum Gasteiger partial charge on any atom is 0.269 e. The largest absolute Gasteiger partial charge is 0.349 e. The normalized spacial score (nSPS) is 10.5. The summed E-state index contributed by atoms with van der Waals surface area (Å²) in [6.07, 6.45) is 5.23. The number of amides is 1. The molecule has 4 aromatic rings. The molecule has 8 nitrogen and oxygen atoms in total. The van der Waals surface area contributed by atoms with Crippen molar-refractivity contribution in [2.75, 3.05) is 6.54 Å². The van der Waals surface area contributed by atoms with Gasteiger partial charge in [-0.25, -0.2) is 0 Å². The molecule has 0 saturated heterocycles. The fraction of sp³-hybridized carbons (Fsp3) is 0.136. The number of aromatic nitrogens is 5. The molecule has 2 N–H and O–H groups in total. The Bertz CT molecular complexity index is 1220. The molecule has 0 spiro atoms. The van der Waals surface area contributed by atoms with Gasteiger partial charge in [-0.05, 0) is 48.9 Å². The van der Waals surface area contributed by atoms with Crippen molar-refractivity contribution >= 4 is 5.91 Å². The standard InChI is InChI=1S/C22H19N7O/c1-15-12-17(2-3-18(15)14-23)19-6-10-29(28-19)11-9-25-22(30)21-13-20(26-27-21)16-4-7-24-8-5-16/h2-8,10,12-13H,9,11H2,1H3,(H,25,30)(H,26,27). The number of benzene rings is 1. The minimum atomic E-state index is -0.224. The van der Waals surface area contributed by atoms with Crippen molar-refractivity contribution in [1.82, 2.24) is 30.3 Å². The summed E-state index contributed by atoms with van der Waals surface area (Å²) in [6, 6.07) is 15.1. The average molecular weight is 397 g/mol. The Hall–Kier alpha value is -4.25. The summed E-state index contributed by atoms with van der Waals surface area (Å²) in [5, 5.41) is 23.4. The number of nitrogens with zero attached hydrogens (tertiary/aromatic N) is 5. The number of nitrogens with one attached hydrogen (secondary N) is 2. The van der Waals surface area contributed by atoms with Gasteiger partial charge in [0.1, 0.15) is 5.69 Å². The van der Waals surface area contributed by atoms with Gasteiger partial charge >= 0.3 is 0 Å². The minimum absolute atomic E-state index is 0.224. The zero-order valence-electron chi connectivity index (χ0n) is 16.3. The van der Waals surface area contributed by atoms with E-state index in [0.29, 0.717) is 30.0 Å². The van der Waals surface area contributed by atoms with Gasteiger partial charge in [0.05, 0.1) is 29.6 Å². The van der Waals surface area contributed by atoms with Crippen LogP contribution < -0.4 is 5.32 Å². The van der Waals surface area contributed by atoms with Gasteiger partial charge in [0.25, 0.3) is 5.91 Å². The second kappa shape index (κ2) is 8.41. The second-order valence-corrected chi connectivity index (χ2v) is 6.76. The van der Waals surface area contributed by atoms with E-state index in [-0.39, 0.29) is 5.91 Å². The first-order valence-electron chi connectivity index (χ1n) is 9.42. The SMILES string of the molecule is Cc1cc(-c2ccn(CCNC(=O)c3cc(-c4ccncc4)n[nH]3)n2)ccc1C#N. The number of H-pyrrole nitrogens is 1. The van der Waals surface area contributed by atoms with E-state index in [9.17, 15) is 4.79 Å². The molecule has 0 saturated carbocycles. The van der Waals surface area contributed by atoms with Crippen molar-refractivity contribution in [3.8, 4) is 28.6 Å². The Balaban J connectivity index is 1.34. The minimum Gasteiger partial charge on any atom is -0.349 e. The Morgan fingerprint density at radius 1 is 1.13 bits per heavy atom. The van der Waals surface area contributed by atoms with Gasteiger partial charge in [-0.3, -0.25) is 19.6 Å². The Labute approximate surface area is 173 Å². The van der Waals surface area contributed by atoms with Gasteiger partial charge in [0.15, 0.2) is 0 Å². The van der Waals surface area contributed by atoms with Crippen LogP contribution in [-0.4, -0.2) is 37.4 Å². The molecule has 0 fully saturated rings. The van der Waals surface area contributed by atoms with Crippen LogP contribution in [-0.2, 0) is 6.54 Å². The van der Waals surface area contributed by atoms with Gasteiger partial charge < -0.3 is 5.32 Å². The molecular formula is C22H19N7O. The van der Waals surface area contributed by atoms with Crippen LogP contribution in [0.5, 0.6) is 0 Å². The van der Waals surface area contributed by atoms with Gasteiger partial charge in [-0.1, -0.05) is 6.07 Å². The molecule has 8 heteroatoms. The average Bonchev–Trinajstić information content (AvgIpc) is 3.44. The first-order chi connectivity index (χ1) is 14.6. The van der Waals surface area contributed by atoms with Crippen molar-refractivity contribution < 1.29 is 4.79 Å². The van der Waals surface area contributed by atoms with Crippen molar-refractivity contribution in [1.29, 1.82) is 5.26 Å². The fourth-order valence-electron chi connectivity index (χ4n) is 3.08. The topological polar surface area (TPSA) is 112 Å². The third-order valence-electron chi connectivity index (χ3n) is 4.71. The summed E-state index contributed by atoms with van der Waals surface area (Å²) in [5.41, 5.74) is 5.34. The summed E-state index contributed by atoms with van der Waals surface area (Å²) in [5.74, 6) is -0.224. The number of aryl methyl sites for hydroxylation is 1. The number of aromatic amines is 1. The number of pyridine rings is 1. The lowest BCUT2D eigenvalue weighted by atomic mass is 10.0. The summed E-state index contributed by atoms with van der Waals surface area (Å²) in [6.45, 7) is 2.87. The lowest BCUT2D eigenvalue weighted by molar-refractivity contribution is 0.0947. The molecule has 3 heterocycles. The molecule has 148 valence electrons. The molecule has 4 rings (SSSR count). The zero-order chi connectivity index (χ0) is 20.9. The molecule has 0 atom stereocenters. The highest BCUT2D eigenvalue weighted by Gasteiger charge is 2.11. The van der Waals surface area contributed by atoms with Crippen molar-refractivity contribution in [3.63, 3.8) is 0 Å². The third kappa shape index (κ3) is 4.10. The molecular weight excluding hydrogens is 378 g/mol. The van der Waals surface area contributed by atoms with E-state index >= 15 is 0 Å². The molecule has 1 amide bonds. The van der Waals surface area contributed by atoms with Crippen LogP contribution in [0.3, 0.4) is 0 Å². The maximum atomic E-state index is 12.4. The Kier molecular flexibility index (Phi) is 5.35. The van der Waals surface area contributed by atoms with Crippen LogP contribution >= 0.6 is 0 Å². The summed E-state index contributed by atoms with van der Waals surface area (Å²) >= 11 is 0. The van der Waals surface area contributed by atoms with E-state index < -0.39 is 0 Å². The smallest absolute Gasteiger partial charge is 0.269 e. The van der Waals surface area contributed by atoms with Crippen molar-refractivity contribution in [2.24, 2.45) is 0 Å². The predicted octanol–water partition coefficient (Wildman–Crippen LogP) is 2.95. The van der Waals surface area contributed by atoms with E-state index in [1.807, 2.05) is 43.5 Å². The number of carbonyl (C=O) groups is 1. The van der Waals surface area contributed by atoms with Gasteiger partial charge in [-0.2, -0.15) is 15.5 Å². The molecule has 1 aromatic carbocycles. The lowest BCUT2D eigenvalue weighted by Crippen LogP contribution is -2.27. The van der Waals surface area contributed by atoms with Crippen LogP contribution in [0.1, 0.15) is 21.6 Å². The fourth-order valence-corrected chi connectivity index (χ4v) is 3.08. The van der Waals surface area contributed by atoms with E-state index in [0.717, 1.165) is 22.4 Å². The van der Waals surface area contributed by atoms with Gasteiger partial charge in [0, 0.05) is 36.3 Å². The number of hydrogen-bond donors (Lipinski definition) is 2. The highest BCUT2D eigenvalue weighted by molar-refractivity contribution is 5.93. The van der Waals surface area contributed by atoms with Crippen LogP contribution in [0, 0.1) is 18.3 Å². The second-order valence-electron chi connectivity index (χ2n) is 6.76.